The summed E-state index contributed by atoms with van der Waals surface area (Å²) in [7, 11) is 0. The summed E-state index contributed by atoms with van der Waals surface area (Å²) in [6, 6.07) is 8.10. The Bertz CT molecular complexity index is 366. The summed E-state index contributed by atoms with van der Waals surface area (Å²) in [5.41, 5.74) is 1.08. The molecule has 1 N–H and O–H groups in total. The van der Waals surface area contributed by atoms with Gasteiger partial charge in [0.05, 0.1) is 6.10 Å². The molecule has 0 saturated heterocycles. The van der Waals surface area contributed by atoms with Crippen LogP contribution in [0.5, 0.6) is 5.75 Å². The van der Waals surface area contributed by atoms with E-state index in [4.69, 9.17) is 4.74 Å². The number of aliphatic hydroxyl groups is 1. The van der Waals surface area contributed by atoms with Gasteiger partial charge in [-0.15, -0.1) is 0 Å². The average molecular weight is 250 g/mol. The summed E-state index contributed by atoms with van der Waals surface area (Å²) in [5.74, 6) is 1.38. The minimum Gasteiger partial charge on any atom is -0.491 e. The molecular formula is C16H26O2. The molecule has 0 aromatic heterocycles. The maximum atomic E-state index is 10.0. The molecule has 0 aliphatic heterocycles. The second-order valence-corrected chi connectivity index (χ2v) is 6.04. The van der Waals surface area contributed by atoms with Crippen molar-refractivity contribution in [3.05, 3.63) is 29.8 Å². The van der Waals surface area contributed by atoms with Gasteiger partial charge in [-0.05, 0) is 29.4 Å². The highest BCUT2D eigenvalue weighted by atomic mass is 16.5. The predicted molar refractivity (Wildman–Crippen MR) is 76.1 cm³/mol. The molecule has 0 aliphatic rings. The number of benzene rings is 1. The topological polar surface area (TPSA) is 29.5 Å². The largest absolute Gasteiger partial charge is 0.491 e. The van der Waals surface area contributed by atoms with Crippen molar-refractivity contribution in [1.29, 1.82) is 0 Å². The Morgan fingerprint density at radius 3 is 2.39 bits per heavy atom. The lowest BCUT2D eigenvalue weighted by Crippen LogP contribution is -2.32. The molecule has 0 radical (unpaired) electrons. The molecule has 0 bridgehead atoms. The van der Waals surface area contributed by atoms with Crippen molar-refractivity contribution in [3.63, 3.8) is 0 Å². The van der Waals surface area contributed by atoms with Crippen molar-refractivity contribution in [2.75, 3.05) is 6.61 Å². The van der Waals surface area contributed by atoms with Gasteiger partial charge in [0.1, 0.15) is 12.4 Å². The van der Waals surface area contributed by atoms with Crippen molar-refractivity contribution >= 4 is 0 Å². The number of hydrogen-bond acceptors (Lipinski definition) is 2. The third-order valence-corrected chi connectivity index (χ3v) is 3.46. The molecule has 2 heteroatoms. The molecule has 1 aromatic carbocycles. The van der Waals surface area contributed by atoms with Crippen molar-refractivity contribution < 1.29 is 9.84 Å². The lowest BCUT2D eigenvalue weighted by Gasteiger charge is -2.26. The predicted octanol–water partition coefficient (Wildman–Crippen LogP) is 3.99. The van der Waals surface area contributed by atoms with Crippen LogP contribution in [0, 0.1) is 5.41 Å². The van der Waals surface area contributed by atoms with Crippen molar-refractivity contribution in [3.8, 4) is 5.75 Å². The molecule has 2 unspecified atom stereocenters. The highest BCUT2D eigenvalue weighted by Gasteiger charge is 2.23. The van der Waals surface area contributed by atoms with E-state index in [0.29, 0.717) is 12.5 Å². The first kappa shape index (κ1) is 15.0. The van der Waals surface area contributed by atoms with E-state index in [0.717, 1.165) is 12.2 Å². The Balaban J connectivity index is 2.73. The van der Waals surface area contributed by atoms with Crippen LogP contribution in [0.2, 0.25) is 0 Å². The summed E-state index contributed by atoms with van der Waals surface area (Å²) in [6.07, 6.45) is 0.629. The Labute approximate surface area is 111 Å². The van der Waals surface area contributed by atoms with Gasteiger partial charge in [0.2, 0.25) is 0 Å². The van der Waals surface area contributed by atoms with Gasteiger partial charge < -0.3 is 9.84 Å². The van der Waals surface area contributed by atoms with E-state index in [1.807, 2.05) is 39.0 Å². The molecule has 0 spiro atoms. The third kappa shape index (κ3) is 4.02. The first-order chi connectivity index (χ1) is 8.36. The molecule has 1 aromatic rings. The van der Waals surface area contributed by atoms with E-state index in [2.05, 4.69) is 19.9 Å². The molecule has 2 atom stereocenters. The SMILES string of the molecule is CCC(C)c1ccccc1OCC(O)C(C)(C)C. The van der Waals surface area contributed by atoms with E-state index < -0.39 is 6.10 Å². The first-order valence-corrected chi connectivity index (χ1v) is 6.76. The smallest absolute Gasteiger partial charge is 0.122 e. The van der Waals surface area contributed by atoms with Crippen LogP contribution in [0.1, 0.15) is 52.5 Å². The van der Waals surface area contributed by atoms with E-state index in [1.165, 1.54) is 5.56 Å². The van der Waals surface area contributed by atoms with E-state index in [9.17, 15) is 5.11 Å². The lowest BCUT2D eigenvalue weighted by atomic mass is 9.90. The van der Waals surface area contributed by atoms with Crippen LogP contribution >= 0.6 is 0 Å². The van der Waals surface area contributed by atoms with Crippen LogP contribution in [0.4, 0.5) is 0 Å². The quantitative estimate of drug-likeness (QED) is 0.856. The van der Waals surface area contributed by atoms with Gasteiger partial charge in [-0.3, -0.25) is 0 Å². The Morgan fingerprint density at radius 1 is 1.22 bits per heavy atom. The van der Waals surface area contributed by atoms with Gasteiger partial charge in [-0.2, -0.15) is 0 Å². The summed E-state index contributed by atoms with van der Waals surface area (Å²) in [5, 5.41) is 10.0. The highest BCUT2D eigenvalue weighted by molar-refractivity contribution is 5.35. The van der Waals surface area contributed by atoms with Crippen LogP contribution in [0.15, 0.2) is 24.3 Å². The highest BCUT2D eigenvalue weighted by Crippen LogP contribution is 2.29. The molecule has 18 heavy (non-hydrogen) atoms. The summed E-state index contributed by atoms with van der Waals surface area (Å²) in [6.45, 7) is 10.8. The van der Waals surface area contributed by atoms with Crippen LogP contribution in [0.25, 0.3) is 0 Å². The summed E-state index contributed by atoms with van der Waals surface area (Å²) < 4.78 is 5.80. The second kappa shape index (κ2) is 6.24. The normalized spacial score (nSPS) is 15.2. The molecular weight excluding hydrogens is 224 g/mol. The zero-order valence-corrected chi connectivity index (χ0v) is 12.2. The zero-order valence-electron chi connectivity index (χ0n) is 12.2. The molecule has 102 valence electrons. The molecule has 0 fully saturated rings. The monoisotopic (exact) mass is 250 g/mol. The van der Waals surface area contributed by atoms with Gasteiger partial charge in [-0.25, -0.2) is 0 Å². The lowest BCUT2D eigenvalue weighted by molar-refractivity contribution is 0.0214. The third-order valence-electron chi connectivity index (χ3n) is 3.46. The van der Waals surface area contributed by atoms with Gasteiger partial charge in [0.15, 0.2) is 0 Å². The van der Waals surface area contributed by atoms with E-state index in [-0.39, 0.29) is 5.41 Å². The average Bonchev–Trinajstić information content (AvgIpc) is 2.34. The molecule has 0 amide bonds. The maximum Gasteiger partial charge on any atom is 0.122 e. The molecule has 0 saturated carbocycles. The van der Waals surface area contributed by atoms with E-state index >= 15 is 0 Å². The Morgan fingerprint density at radius 2 is 1.83 bits per heavy atom. The standard InChI is InChI=1S/C16H26O2/c1-6-12(2)13-9-7-8-10-14(13)18-11-15(17)16(3,4)5/h7-10,12,15,17H,6,11H2,1-5H3. The molecule has 0 aliphatic carbocycles. The minimum atomic E-state index is -0.456. The molecule has 0 heterocycles. The molecule has 2 nitrogen and oxygen atoms in total. The minimum absolute atomic E-state index is 0.148. The fraction of sp³-hybridized carbons (Fsp3) is 0.625. The Kier molecular flexibility index (Phi) is 5.21. The van der Waals surface area contributed by atoms with Gasteiger partial charge in [-0.1, -0.05) is 52.8 Å². The number of rotatable bonds is 5. The van der Waals surface area contributed by atoms with Crippen LogP contribution in [-0.2, 0) is 0 Å². The van der Waals surface area contributed by atoms with Crippen LogP contribution in [0.3, 0.4) is 0 Å². The van der Waals surface area contributed by atoms with Crippen molar-refractivity contribution in [2.45, 2.75) is 53.1 Å². The number of ether oxygens (including phenoxy) is 1. The van der Waals surface area contributed by atoms with Crippen LogP contribution < -0.4 is 4.74 Å². The first-order valence-electron chi connectivity index (χ1n) is 6.76. The number of aliphatic hydroxyl groups excluding tert-OH is 1. The van der Waals surface area contributed by atoms with Crippen molar-refractivity contribution in [2.24, 2.45) is 5.41 Å². The fourth-order valence-electron chi connectivity index (χ4n) is 1.66. The fourth-order valence-corrected chi connectivity index (χ4v) is 1.66. The van der Waals surface area contributed by atoms with Gasteiger partial charge >= 0.3 is 0 Å². The summed E-state index contributed by atoms with van der Waals surface area (Å²) in [4.78, 5) is 0. The maximum absolute atomic E-state index is 10.0. The summed E-state index contributed by atoms with van der Waals surface area (Å²) >= 11 is 0. The van der Waals surface area contributed by atoms with Crippen molar-refractivity contribution in [1.82, 2.24) is 0 Å². The Hall–Kier alpha value is -1.02. The second-order valence-electron chi connectivity index (χ2n) is 6.04. The van der Waals surface area contributed by atoms with Gasteiger partial charge in [0, 0.05) is 0 Å². The van der Waals surface area contributed by atoms with E-state index in [1.54, 1.807) is 0 Å². The van der Waals surface area contributed by atoms with Gasteiger partial charge in [0.25, 0.3) is 0 Å². The zero-order chi connectivity index (χ0) is 13.8. The van der Waals surface area contributed by atoms with Crippen LogP contribution in [-0.4, -0.2) is 17.8 Å². The number of para-hydroxylation sites is 1. The number of hydrogen-bond donors (Lipinski definition) is 1. The molecule has 1 rings (SSSR count).